The van der Waals surface area contributed by atoms with Crippen molar-refractivity contribution in [2.24, 2.45) is 5.92 Å². The van der Waals surface area contributed by atoms with E-state index in [0.717, 1.165) is 18.9 Å². The van der Waals surface area contributed by atoms with Crippen molar-refractivity contribution in [3.63, 3.8) is 0 Å². The van der Waals surface area contributed by atoms with E-state index < -0.39 is 11.6 Å². The second-order valence-electron chi connectivity index (χ2n) is 5.13. The molecule has 0 saturated carbocycles. The molecular formula is C13H16F2N4O. The topological polar surface area (TPSA) is 57.3 Å². The molecule has 2 aliphatic rings. The number of amides is 1. The number of halogens is 2. The number of fused-ring (bicyclic) bond motifs is 1. The quantitative estimate of drug-likeness (QED) is 0.853. The maximum Gasteiger partial charge on any atom is 0.225 e. The van der Waals surface area contributed by atoms with Gasteiger partial charge in [0.05, 0.1) is 12.0 Å². The second-order valence-corrected chi connectivity index (χ2v) is 5.13. The summed E-state index contributed by atoms with van der Waals surface area (Å²) in [5.41, 5.74) is 0. The van der Waals surface area contributed by atoms with Gasteiger partial charge in [0.15, 0.2) is 23.3 Å². The number of anilines is 2. The molecule has 0 bridgehead atoms. The summed E-state index contributed by atoms with van der Waals surface area (Å²) in [7, 11) is 1.53. The molecule has 2 aliphatic heterocycles. The van der Waals surface area contributed by atoms with Gasteiger partial charge in [0.1, 0.15) is 0 Å². The highest BCUT2D eigenvalue weighted by Crippen LogP contribution is 2.33. The average Bonchev–Trinajstić information content (AvgIpc) is 2.81. The van der Waals surface area contributed by atoms with E-state index in [1.807, 2.05) is 0 Å². The number of hydrogen-bond acceptors (Lipinski definition) is 4. The van der Waals surface area contributed by atoms with Crippen molar-refractivity contribution >= 4 is 17.5 Å². The fourth-order valence-corrected chi connectivity index (χ4v) is 3.05. The average molecular weight is 282 g/mol. The van der Waals surface area contributed by atoms with Crippen LogP contribution in [0.4, 0.5) is 20.4 Å². The van der Waals surface area contributed by atoms with Gasteiger partial charge in [-0.3, -0.25) is 4.79 Å². The number of rotatable bonds is 2. The van der Waals surface area contributed by atoms with Gasteiger partial charge in [-0.15, -0.1) is 0 Å². The molecule has 1 aromatic rings. The first-order valence-electron chi connectivity index (χ1n) is 6.70. The summed E-state index contributed by atoms with van der Waals surface area (Å²) in [6.45, 7) is 1.10. The van der Waals surface area contributed by atoms with Gasteiger partial charge in [-0.2, -0.15) is 0 Å². The Balaban J connectivity index is 1.97. The number of hydrogen-bond donors (Lipinski definition) is 2. The van der Waals surface area contributed by atoms with Gasteiger partial charge in [-0.25, -0.2) is 13.8 Å². The van der Waals surface area contributed by atoms with Crippen LogP contribution in [0, 0.1) is 17.6 Å². The first kappa shape index (κ1) is 13.1. The zero-order valence-electron chi connectivity index (χ0n) is 11.1. The lowest BCUT2D eigenvalue weighted by atomic mass is 9.91. The molecule has 3 heterocycles. The molecule has 0 radical (unpaired) electrons. The van der Waals surface area contributed by atoms with Gasteiger partial charge in [-0.1, -0.05) is 0 Å². The fraction of sp³-hybridized carbons (Fsp3) is 0.538. The van der Waals surface area contributed by atoms with E-state index in [1.54, 1.807) is 4.90 Å². The monoisotopic (exact) mass is 282 g/mol. The van der Waals surface area contributed by atoms with E-state index in [1.165, 1.54) is 7.05 Å². The fourth-order valence-electron chi connectivity index (χ4n) is 3.05. The lowest BCUT2D eigenvalue weighted by molar-refractivity contribution is -0.123. The van der Waals surface area contributed by atoms with Crippen LogP contribution in [0.2, 0.25) is 0 Å². The molecule has 5 nitrogen and oxygen atoms in total. The molecule has 2 unspecified atom stereocenters. The van der Waals surface area contributed by atoms with E-state index in [4.69, 9.17) is 0 Å². The molecule has 0 aromatic carbocycles. The second kappa shape index (κ2) is 4.88. The van der Waals surface area contributed by atoms with Crippen LogP contribution in [0.1, 0.15) is 12.8 Å². The van der Waals surface area contributed by atoms with Crippen LogP contribution >= 0.6 is 0 Å². The first-order chi connectivity index (χ1) is 9.61. The predicted octanol–water partition coefficient (Wildman–Crippen LogP) is 1.12. The zero-order valence-corrected chi connectivity index (χ0v) is 11.1. The molecule has 1 amide bonds. The van der Waals surface area contributed by atoms with Crippen LogP contribution < -0.4 is 15.5 Å². The predicted molar refractivity (Wildman–Crippen MR) is 70.6 cm³/mol. The van der Waals surface area contributed by atoms with Gasteiger partial charge >= 0.3 is 0 Å². The van der Waals surface area contributed by atoms with Crippen molar-refractivity contribution < 1.29 is 13.6 Å². The normalized spacial score (nSPS) is 25.4. The Kier molecular flexibility index (Phi) is 3.19. The molecule has 3 rings (SSSR count). The SMILES string of the molecule is CNc1nc(N2CCCC3C(=O)NCC32)c(F)cc1F. The minimum absolute atomic E-state index is 0.0102. The minimum Gasteiger partial charge on any atom is -0.371 e. The van der Waals surface area contributed by atoms with Crippen molar-refractivity contribution in [2.75, 3.05) is 30.4 Å². The molecule has 2 atom stereocenters. The number of aromatic nitrogens is 1. The molecular weight excluding hydrogens is 266 g/mol. The number of piperidine rings is 1. The molecule has 2 N–H and O–H groups in total. The van der Waals surface area contributed by atoms with Crippen LogP contribution in [-0.4, -0.2) is 37.1 Å². The summed E-state index contributed by atoms with van der Waals surface area (Å²) in [4.78, 5) is 17.5. The Labute approximate surface area is 115 Å². The van der Waals surface area contributed by atoms with Crippen LogP contribution in [0.25, 0.3) is 0 Å². The van der Waals surface area contributed by atoms with Crippen molar-refractivity contribution in [3.05, 3.63) is 17.7 Å². The Hall–Kier alpha value is -1.92. The molecule has 1 aromatic heterocycles. The van der Waals surface area contributed by atoms with Crippen LogP contribution in [-0.2, 0) is 4.79 Å². The van der Waals surface area contributed by atoms with Gasteiger partial charge in [0.2, 0.25) is 5.91 Å². The molecule has 0 spiro atoms. The van der Waals surface area contributed by atoms with Crippen molar-refractivity contribution in [2.45, 2.75) is 18.9 Å². The summed E-state index contributed by atoms with van der Waals surface area (Å²) in [6.07, 6.45) is 1.59. The molecule has 2 fully saturated rings. The Morgan fingerprint density at radius 3 is 3.00 bits per heavy atom. The van der Waals surface area contributed by atoms with Gasteiger partial charge in [0.25, 0.3) is 0 Å². The van der Waals surface area contributed by atoms with E-state index in [-0.39, 0.29) is 29.5 Å². The number of pyridine rings is 1. The molecule has 2 saturated heterocycles. The summed E-state index contributed by atoms with van der Waals surface area (Å²) in [6, 6.07) is 0.732. The summed E-state index contributed by atoms with van der Waals surface area (Å²) in [5.74, 6) is -1.41. The minimum atomic E-state index is -0.720. The van der Waals surface area contributed by atoms with Crippen LogP contribution in [0.15, 0.2) is 6.07 Å². The third-order valence-electron chi connectivity index (χ3n) is 4.02. The smallest absolute Gasteiger partial charge is 0.225 e. The van der Waals surface area contributed by atoms with E-state index >= 15 is 0 Å². The Morgan fingerprint density at radius 2 is 2.25 bits per heavy atom. The van der Waals surface area contributed by atoms with Gasteiger partial charge in [0, 0.05) is 26.2 Å². The van der Waals surface area contributed by atoms with Crippen LogP contribution in [0.3, 0.4) is 0 Å². The largest absolute Gasteiger partial charge is 0.371 e. The van der Waals surface area contributed by atoms with Crippen molar-refractivity contribution in [3.8, 4) is 0 Å². The third kappa shape index (κ3) is 1.97. The Morgan fingerprint density at radius 1 is 1.45 bits per heavy atom. The highest BCUT2D eigenvalue weighted by Gasteiger charge is 2.42. The lowest BCUT2D eigenvalue weighted by Gasteiger charge is -2.37. The third-order valence-corrected chi connectivity index (χ3v) is 4.02. The van der Waals surface area contributed by atoms with Gasteiger partial charge < -0.3 is 15.5 Å². The summed E-state index contributed by atoms with van der Waals surface area (Å²) in [5, 5.41) is 5.41. The summed E-state index contributed by atoms with van der Waals surface area (Å²) >= 11 is 0. The van der Waals surface area contributed by atoms with E-state index in [2.05, 4.69) is 15.6 Å². The Bertz CT molecular complexity index is 551. The number of carbonyl (C=O) groups is 1. The molecule has 0 aliphatic carbocycles. The van der Waals surface area contributed by atoms with Gasteiger partial charge in [-0.05, 0) is 12.8 Å². The van der Waals surface area contributed by atoms with E-state index in [0.29, 0.717) is 13.1 Å². The standard InChI is InChI=1S/C13H16F2N4O/c1-16-11-8(14)5-9(15)12(18-11)19-4-2-3-7-10(19)6-17-13(7)20/h5,7,10H,2-4,6H2,1H3,(H,16,18)(H,17,20). The number of carbonyl (C=O) groups excluding carboxylic acids is 1. The maximum atomic E-state index is 14.0. The molecule has 7 heteroatoms. The highest BCUT2D eigenvalue weighted by atomic mass is 19.1. The maximum absolute atomic E-state index is 14.0. The summed E-state index contributed by atoms with van der Waals surface area (Å²) < 4.78 is 27.5. The molecule has 108 valence electrons. The van der Waals surface area contributed by atoms with Crippen molar-refractivity contribution in [1.82, 2.24) is 10.3 Å². The molecule has 20 heavy (non-hydrogen) atoms. The zero-order chi connectivity index (χ0) is 14.3. The van der Waals surface area contributed by atoms with E-state index in [9.17, 15) is 13.6 Å². The van der Waals surface area contributed by atoms with Crippen molar-refractivity contribution in [1.29, 1.82) is 0 Å². The first-order valence-corrected chi connectivity index (χ1v) is 6.70. The van der Waals surface area contributed by atoms with Crippen LogP contribution in [0.5, 0.6) is 0 Å². The highest BCUT2D eigenvalue weighted by molar-refractivity contribution is 5.83. The number of nitrogens with zero attached hydrogens (tertiary/aromatic N) is 2. The lowest BCUT2D eigenvalue weighted by Crippen LogP contribution is -2.46. The number of nitrogens with one attached hydrogen (secondary N) is 2.